The van der Waals surface area contributed by atoms with E-state index >= 15 is 0 Å². The van der Waals surface area contributed by atoms with Crippen molar-refractivity contribution < 1.29 is 19.8 Å². The summed E-state index contributed by atoms with van der Waals surface area (Å²) in [5, 5.41) is 15.5. The third-order valence-electron chi connectivity index (χ3n) is 1.25. The van der Waals surface area contributed by atoms with Gasteiger partial charge in [0.1, 0.15) is 5.38 Å². The molecule has 0 fully saturated rings. The van der Waals surface area contributed by atoms with Gasteiger partial charge in [-0.3, -0.25) is 9.59 Å². The lowest BCUT2D eigenvalue weighted by Gasteiger charge is -2.06. The van der Waals surface area contributed by atoms with Gasteiger partial charge in [0.05, 0.1) is 5.92 Å². The van der Waals surface area contributed by atoms with Crippen molar-refractivity contribution in [2.45, 2.75) is 18.7 Å². The second kappa shape index (κ2) is 4.18. The zero-order chi connectivity index (χ0) is 9.02. The first kappa shape index (κ1) is 10.2. The van der Waals surface area contributed by atoms with Crippen LogP contribution in [0.3, 0.4) is 0 Å². The first-order chi connectivity index (χ1) is 4.95. The van der Waals surface area contributed by atoms with E-state index in [1.807, 2.05) is 0 Å². The van der Waals surface area contributed by atoms with Crippen LogP contribution in [0.5, 0.6) is 0 Å². The third-order valence-corrected chi connectivity index (χ3v) is 1.61. The molecule has 0 aromatic carbocycles. The fourth-order valence-electron chi connectivity index (χ4n) is 0.512. The predicted molar refractivity (Wildman–Crippen MR) is 38.7 cm³/mol. The van der Waals surface area contributed by atoms with Crippen molar-refractivity contribution in [3.63, 3.8) is 0 Å². The molecular formula is C6H9ClO4. The van der Waals surface area contributed by atoms with Crippen molar-refractivity contribution in [1.82, 2.24) is 0 Å². The minimum Gasteiger partial charge on any atom is -0.481 e. The van der Waals surface area contributed by atoms with Gasteiger partial charge in [0.2, 0.25) is 0 Å². The Hall–Kier alpha value is -0.770. The Labute approximate surface area is 68.8 Å². The lowest BCUT2D eigenvalue weighted by molar-refractivity contribution is -0.142. The van der Waals surface area contributed by atoms with Crippen LogP contribution in [0, 0.1) is 5.92 Å². The van der Waals surface area contributed by atoms with Crippen LogP contribution in [-0.2, 0) is 9.59 Å². The van der Waals surface area contributed by atoms with E-state index in [0.717, 1.165) is 0 Å². The minimum atomic E-state index is -1.18. The summed E-state index contributed by atoms with van der Waals surface area (Å²) in [5.41, 5.74) is 0. The van der Waals surface area contributed by atoms with Crippen LogP contribution in [0.4, 0.5) is 0 Å². The molecule has 64 valence electrons. The number of alkyl halides is 1. The summed E-state index contributed by atoms with van der Waals surface area (Å²) in [6, 6.07) is 0. The Bertz CT molecular complexity index is 150. The smallest absolute Gasteiger partial charge is 0.321 e. The van der Waals surface area contributed by atoms with E-state index in [1.165, 1.54) is 6.92 Å². The van der Waals surface area contributed by atoms with Crippen molar-refractivity contribution in [1.29, 1.82) is 0 Å². The highest BCUT2D eigenvalue weighted by Gasteiger charge is 2.21. The van der Waals surface area contributed by atoms with Gasteiger partial charge in [-0.1, -0.05) is 6.92 Å². The molecule has 0 bridgehead atoms. The standard InChI is InChI=1S/C6H9ClO4/c1-3(5(8)9)2-4(7)6(10)11/h3-4H,2H2,1H3,(H,8,9)(H,10,11). The third kappa shape index (κ3) is 3.83. The molecule has 0 aromatic heterocycles. The Morgan fingerprint density at radius 3 is 2.09 bits per heavy atom. The van der Waals surface area contributed by atoms with Crippen LogP contribution in [-0.4, -0.2) is 27.5 Å². The summed E-state index contributed by atoms with van der Waals surface area (Å²) in [7, 11) is 0. The maximum atomic E-state index is 10.2. The molecule has 0 spiro atoms. The topological polar surface area (TPSA) is 74.6 Å². The summed E-state index contributed by atoms with van der Waals surface area (Å²) in [6.07, 6.45) is -0.0494. The Morgan fingerprint density at radius 2 is 1.82 bits per heavy atom. The first-order valence-electron chi connectivity index (χ1n) is 3.04. The molecule has 0 radical (unpaired) electrons. The molecule has 4 nitrogen and oxygen atoms in total. The fourth-order valence-corrected chi connectivity index (χ4v) is 0.779. The van der Waals surface area contributed by atoms with Gasteiger partial charge in [0, 0.05) is 0 Å². The molecule has 0 amide bonds. The van der Waals surface area contributed by atoms with Crippen molar-refractivity contribution in [2.75, 3.05) is 0 Å². The second-order valence-electron chi connectivity index (χ2n) is 2.28. The number of aliphatic carboxylic acids is 2. The number of carboxylic acids is 2. The Balaban J connectivity index is 3.84. The van der Waals surface area contributed by atoms with E-state index in [2.05, 4.69) is 0 Å². The van der Waals surface area contributed by atoms with E-state index in [1.54, 1.807) is 0 Å². The average Bonchev–Trinajstić information content (AvgIpc) is 1.87. The van der Waals surface area contributed by atoms with Crippen LogP contribution in [0.2, 0.25) is 0 Å². The fraction of sp³-hybridized carbons (Fsp3) is 0.667. The van der Waals surface area contributed by atoms with Crippen molar-refractivity contribution in [3.8, 4) is 0 Å². The number of carbonyl (C=O) groups is 2. The van der Waals surface area contributed by atoms with Gasteiger partial charge >= 0.3 is 11.9 Å². The molecule has 11 heavy (non-hydrogen) atoms. The summed E-state index contributed by atoms with van der Waals surface area (Å²) in [5.74, 6) is -2.93. The van der Waals surface area contributed by atoms with E-state index in [-0.39, 0.29) is 6.42 Å². The number of carboxylic acid groups (broad SMARTS) is 2. The van der Waals surface area contributed by atoms with E-state index in [0.29, 0.717) is 0 Å². The maximum absolute atomic E-state index is 10.2. The largest absolute Gasteiger partial charge is 0.481 e. The van der Waals surface area contributed by atoms with Crippen LogP contribution in [0.15, 0.2) is 0 Å². The van der Waals surface area contributed by atoms with Crippen LogP contribution in [0.1, 0.15) is 13.3 Å². The highest BCUT2D eigenvalue weighted by atomic mass is 35.5. The SMILES string of the molecule is CC(CC(Cl)C(=O)O)C(=O)O. The normalized spacial score (nSPS) is 15.5. The maximum Gasteiger partial charge on any atom is 0.321 e. The van der Waals surface area contributed by atoms with Crippen molar-refractivity contribution >= 4 is 23.5 Å². The lowest BCUT2D eigenvalue weighted by atomic mass is 10.1. The van der Waals surface area contributed by atoms with Crippen LogP contribution < -0.4 is 0 Å². The second-order valence-corrected chi connectivity index (χ2v) is 2.81. The predicted octanol–water partition coefficient (Wildman–Crippen LogP) is 0.789. The highest BCUT2D eigenvalue weighted by molar-refractivity contribution is 6.29. The number of hydrogen-bond acceptors (Lipinski definition) is 2. The monoisotopic (exact) mass is 180 g/mol. The molecule has 0 saturated carbocycles. The Kier molecular flexibility index (Phi) is 3.89. The molecule has 5 heteroatoms. The average molecular weight is 181 g/mol. The zero-order valence-electron chi connectivity index (χ0n) is 5.95. The van der Waals surface area contributed by atoms with Gasteiger partial charge in [-0.25, -0.2) is 0 Å². The number of hydrogen-bond donors (Lipinski definition) is 2. The first-order valence-corrected chi connectivity index (χ1v) is 3.48. The van der Waals surface area contributed by atoms with Gasteiger partial charge in [-0.15, -0.1) is 11.6 Å². The number of rotatable bonds is 4. The quantitative estimate of drug-likeness (QED) is 0.628. The van der Waals surface area contributed by atoms with E-state index in [9.17, 15) is 9.59 Å². The van der Waals surface area contributed by atoms with E-state index < -0.39 is 23.2 Å². The van der Waals surface area contributed by atoms with Crippen molar-refractivity contribution in [2.24, 2.45) is 5.92 Å². The van der Waals surface area contributed by atoms with Gasteiger partial charge < -0.3 is 10.2 Å². The molecule has 0 aliphatic heterocycles. The Morgan fingerprint density at radius 1 is 1.36 bits per heavy atom. The summed E-state index contributed by atoms with van der Waals surface area (Å²) >= 11 is 5.29. The molecule has 2 atom stereocenters. The molecule has 0 heterocycles. The van der Waals surface area contributed by atoms with Crippen LogP contribution >= 0.6 is 11.6 Å². The molecule has 0 rings (SSSR count). The molecule has 2 unspecified atom stereocenters. The van der Waals surface area contributed by atoms with Crippen LogP contribution in [0.25, 0.3) is 0 Å². The number of halogens is 1. The van der Waals surface area contributed by atoms with Gasteiger partial charge in [-0.05, 0) is 6.42 Å². The van der Waals surface area contributed by atoms with Crippen molar-refractivity contribution in [3.05, 3.63) is 0 Å². The highest BCUT2D eigenvalue weighted by Crippen LogP contribution is 2.11. The summed E-state index contributed by atoms with van der Waals surface area (Å²) in [4.78, 5) is 20.3. The summed E-state index contributed by atoms with van der Waals surface area (Å²) < 4.78 is 0. The zero-order valence-corrected chi connectivity index (χ0v) is 6.71. The summed E-state index contributed by atoms with van der Waals surface area (Å²) in [6.45, 7) is 1.42. The minimum absolute atomic E-state index is 0.0494. The van der Waals surface area contributed by atoms with Gasteiger partial charge in [-0.2, -0.15) is 0 Å². The molecular weight excluding hydrogens is 172 g/mol. The van der Waals surface area contributed by atoms with Gasteiger partial charge in [0.25, 0.3) is 0 Å². The molecule has 0 aliphatic carbocycles. The molecule has 0 aromatic rings. The van der Waals surface area contributed by atoms with E-state index in [4.69, 9.17) is 21.8 Å². The molecule has 0 aliphatic rings. The van der Waals surface area contributed by atoms with Gasteiger partial charge in [0.15, 0.2) is 0 Å². The molecule has 0 saturated heterocycles. The lowest BCUT2D eigenvalue weighted by Crippen LogP contribution is -2.20. The molecule has 2 N–H and O–H groups in total.